The van der Waals surface area contributed by atoms with Crippen LogP contribution in [-0.2, 0) is 9.47 Å². The van der Waals surface area contributed by atoms with Crippen LogP contribution in [0.1, 0.15) is 32.6 Å². The molecule has 0 aromatic heterocycles. The molecule has 0 spiro atoms. The maximum atomic E-state index is 12.7. The first-order valence-electron chi connectivity index (χ1n) is 6.47. The minimum absolute atomic E-state index is 0.0880. The Hall–Kier alpha value is -0.330. The predicted molar refractivity (Wildman–Crippen MR) is 60.1 cm³/mol. The summed E-state index contributed by atoms with van der Waals surface area (Å²) in [4.78, 5) is 0. The molecule has 6 heteroatoms. The number of nitrogens with one attached hydrogen (secondary N) is 1. The van der Waals surface area contributed by atoms with Gasteiger partial charge >= 0.3 is 6.18 Å². The van der Waals surface area contributed by atoms with Crippen LogP contribution in [0, 0.1) is 5.92 Å². The highest BCUT2D eigenvalue weighted by molar-refractivity contribution is 4.83. The fourth-order valence-corrected chi connectivity index (χ4v) is 2.66. The Bertz CT molecular complexity index is 277. The van der Waals surface area contributed by atoms with Gasteiger partial charge in [0.05, 0.1) is 19.1 Å². The molecular formula is C12H20F3NO2. The number of hydrogen-bond acceptors (Lipinski definition) is 3. The van der Waals surface area contributed by atoms with Crippen LogP contribution < -0.4 is 5.32 Å². The second kappa shape index (κ2) is 5.35. The van der Waals surface area contributed by atoms with E-state index in [0.29, 0.717) is 26.2 Å². The fraction of sp³-hybridized carbons (Fsp3) is 1.00. The van der Waals surface area contributed by atoms with Crippen molar-refractivity contribution in [2.24, 2.45) is 5.92 Å². The van der Waals surface area contributed by atoms with Crippen molar-refractivity contribution in [3.05, 3.63) is 0 Å². The molecule has 0 radical (unpaired) electrons. The molecule has 3 nitrogen and oxygen atoms in total. The summed E-state index contributed by atoms with van der Waals surface area (Å²) in [6.07, 6.45) is -2.22. The van der Waals surface area contributed by atoms with E-state index in [2.05, 4.69) is 5.32 Å². The number of hydrogen-bond donors (Lipinski definition) is 1. The van der Waals surface area contributed by atoms with Crippen molar-refractivity contribution in [2.45, 2.75) is 50.6 Å². The van der Waals surface area contributed by atoms with Gasteiger partial charge in [-0.25, -0.2) is 0 Å². The molecule has 2 rings (SSSR count). The Balaban J connectivity index is 1.79. The average molecular weight is 267 g/mol. The molecule has 2 fully saturated rings. The molecule has 0 amide bonds. The van der Waals surface area contributed by atoms with Crippen molar-refractivity contribution in [1.29, 1.82) is 0 Å². The largest absolute Gasteiger partial charge is 0.391 e. The van der Waals surface area contributed by atoms with Crippen molar-refractivity contribution in [2.75, 3.05) is 19.8 Å². The van der Waals surface area contributed by atoms with Crippen molar-refractivity contribution in [3.8, 4) is 0 Å². The summed E-state index contributed by atoms with van der Waals surface area (Å²) in [5, 5.41) is 3.16. The summed E-state index contributed by atoms with van der Waals surface area (Å²) in [5.41, 5.74) is 0. The highest BCUT2D eigenvalue weighted by atomic mass is 19.4. The molecule has 1 saturated heterocycles. The highest BCUT2D eigenvalue weighted by Gasteiger charge is 2.42. The zero-order valence-corrected chi connectivity index (χ0v) is 10.6. The minimum Gasteiger partial charge on any atom is -0.347 e. The number of halogens is 3. The Morgan fingerprint density at radius 1 is 1.22 bits per heavy atom. The SMILES string of the molecule is CC1(CN[C@@H]2CCC[C@@H](C(F)(F)F)C2)OCCO1. The molecule has 0 unspecified atom stereocenters. The van der Waals surface area contributed by atoms with Gasteiger partial charge in [-0.3, -0.25) is 0 Å². The second-order valence-electron chi connectivity index (χ2n) is 5.31. The third-order valence-electron chi connectivity index (χ3n) is 3.75. The van der Waals surface area contributed by atoms with Crippen molar-refractivity contribution < 1.29 is 22.6 Å². The molecule has 0 bridgehead atoms. The first-order valence-corrected chi connectivity index (χ1v) is 6.47. The van der Waals surface area contributed by atoms with Gasteiger partial charge in [0.1, 0.15) is 0 Å². The van der Waals surface area contributed by atoms with Crippen molar-refractivity contribution >= 4 is 0 Å². The average Bonchev–Trinajstić information content (AvgIpc) is 2.74. The standard InChI is InChI=1S/C12H20F3NO2/c1-11(17-5-6-18-11)8-16-10-4-2-3-9(7-10)12(13,14)15/h9-10,16H,2-8H2,1H3/t9-,10-/m1/s1. The molecular weight excluding hydrogens is 247 g/mol. The Kier molecular flexibility index (Phi) is 4.18. The van der Waals surface area contributed by atoms with E-state index >= 15 is 0 Å². The minimum atomic E-state index is -4.06. The lowest BCUT2D eigenvalue weighted by Gasteiger charge is -2.33. The van der Waals surface area contributed by atoms with Crippen LogP contribution >= 0.6 is 0 Å². The summed E-state index contributed by atoms with van der Waals surface area (Å²) in [6.45, 7) is 3.36. The van der Waals surface area contributed by atoms with E-state index in [1.165, 1.54) is 0 Å². The quantitative estimate of drug-likeness (QED) is 0.852. The lowest BCUT2D eigenvalue weighted by molar-refractivity contribution is -0.184. The highest BCUT2D eigenvalue weighted by Crippen LogP contribution is 2.37. The Labute approximate surface area is 105 Å². The molecule has 1 N–H and O–H groups in total. The lowest BCUT2D eigenvalue weighted by Crippen LogP contribution is -2.46. The van der Waals surface area contributed by atoms with Crippen LogP contribution in [0.4, 0.5) is 13.2 Å². The van der Waals surface area contributed by atoms with E-state index in [1.807, 2.05) is 6.92 Å². The Morgan fingerprint density at radius 2 is 1.89 bits per heavy atom. The van der Waals surface area contributed by atoms with E-state index < -0.39 is 17.9 Å². The molecule has 0 aromatic carbocycles. The van der Waals surface area contributed by atoms with Gasteiger partial charge < -0.3 is 14.8 Å². The van der Waals surface area contributed by atoms with Gasteiger partial charge in [0.25, 0.3) is 0 Å². The van der Waals surface area contributed by atoms with Gasteiger partial charge in [-0.15, -0.1) is 0 Å². The fourth-order valence-electron chi connectivity index (χ4n) is 2.66. The molecule has 1 saturated carbocycles. The predicted octanol–water partition coefficient (Wildman–Crippen LogP) is 2.46. The molecule has 18 heavy (non-hydrogen) atoms. The smallest absolute Gasteiger partial charge is 0.347 e. The zero-order valence-electron chi connectivity index (χ0n) is 10.6. The summed E-state index contributed by atoms with van der Waals surface area (Å²) in [6, 6.07) is -0.0880. The molecule has 106 valence electrons. The molecule has 1 heterocycles. The zero-order chi connectivity index (χ0) is 13.2. The number of rotatable bonds is 3. The molecule has 1 aliphatic heterocycles. The Morgan fingerprint density at radius 3 is 2.50 bits per heavy atom. The third-order valence-corrected chi connectivity index (χ3v) is 3.75. The summed E-state index contributed by atoms with van der Waals surface area (Å²) in [5.74, 6) is -1.84. The first kappa shape index (κ1) is 14.1. The maximum Gasteiger partial charge on any atom is 0.391 e. The van der Waals surface area contributed by atoms with Crippen LogP contribution in [-0.4, -0.2) is 37.8 Å². The van der Waals surface area contributed by atoms with Gasteiger partial charge in [-0.1, -0.05) is 6.42 Å². The van der Waals surface area contributed by atoms with Crippen LogP contribution in [0.25, 0.3) is 0 Å². The molecule has 2 atom stereocenters. The van der Waals surface area contributed by atoms with Crippen molar-refractivity contribution in [1.82, 2.24) is 5.32 Å². The van der Waals surface area contributed by atoms with Gasteiger partial charge in [-0.05, 0) is 26.2 Å². The van der Waals surface area contributed by atoms with Gasteiger partial charge in [0.15, 0.2) is 5.79 Å². The first-order chi connectivity index (χ1) is 8.39. The summed E-state index contributed by atoms with van der Waals surface area (Å²) < 4.78 is 48.8. The maximum absolute atomic E-state index is 12.7. The third kappa shape index (κ3) is 3.59. The normalized spacial score (nSPS) is 32.7. The van der Waals surface area contributed by atoms with E-state index in [1.54, 1.807) is 0 Å². The molecule has 1 aliphatic carbocycles. The van der Waals surface area contributed by atoms with Crippen LogP contribution in [0.3, 0.4) is 0 Å². The topological polar surface area (TPSA) is 30.5 Å². The van der Waals surface area contributed by atoms with Gasteiger partial charge in [-0.2, -0.15) is 13.2 Å². The van der Waals surface area contributed by atoms with E-state index in [9.17, 15) is 13.2 Å². The number of ether oxygens (including phenoxy) is 2. The van der Waals surface area contributed by atoms with Crippen molar-refractivity contribution in [3.63, 3.8) is 0 Å². The number of alkyl halides is 3. The molecule has 0 aromatic rings. The lowest BCUT2D eigenvalue weighted by atomic mass is 9.85. The van der Waals surface area contributed by atoms with Gasteiger partial charge in [0, 0.05) is 12.6 Å². The second-order valence-corrected chi connectivity index (χ2v) is 5.31. The molecule has 2 aliphatic rings. The summed E-state index contributed by atoms with van der Waals surface area (Å²) in [7, 11) is 0. The van der Waals surface area contributed by atoms with Gasteiger partial charge in [0.2, 0.25) is 0 Å². The van der Waals surface area contributed by atoms with Crippen LogP contribution in [0.2, 0.25) is 0 Å². The van der Waals surface area contributed by atoms with E-state index in [0.717, 1.165) is 6.42 Å². The monoisotopic (exact) mass is 267 g/mol. The van der Waals surface area contributed by atoms with Crippen LogP contribution in [0.5, 0.6) is 0 Å². The van der Waals surface area contributed by atoms with E-state index in [-0.39, 0.29) is 18.9 Å². The van der Waals surface area contributed by atoms with Crippen LogP contribution in [0.15, 0.2) is 0 Å². The van der Waals surface area contributed by atoms with E-state index in [4.69, 9.17) is 9.47 Å². The summed E-state index contributed by atoms with van der Waals surface area (Å²) >= 11 is 0.